The van der Waals surface area contributed by atoms with Gasteiger partial charge in [0.25, 0.3) is 5.91 Å². The van der Waals surface area contributed by atoms with Crippen LogP contribution in [0.25, 0.3) is 0 Å². The average Bonchev–Trinajstić information content (AvgIpc) is 2.92. The molecule has 0 bridgehead atoms. The van der Waals surface area contributed by atoms with Crippen LogP contribution in [0.3, 0.4) is 0 Å². The van der Waals surface area contributed by atoms with Crippen LogP contribution in [0, 0.1) is 13.8 Å². The zero-order chi connectivity index (χ0) is 19.8. The van der Waals surface area contributed by atoms with Gasteiger partial charge >= 0.3 is 0 Å². The van der Waals surface area contributed by atoms with Crippen LogP contribution >= 0.6 is 0 Å². The molecule has 0 aliphatic carbocycles. The predicted molar refractivity (Wildman–Crippen MR) is 105 cm³/mol. The fourth-order valence-electron chi connectivity index (χ4n) is 3.96. The highest BCUT2D eigenvalue weighted by Gasteiger charge is 2.32. The molecule has 0 radical (unpaired) electrons. The Bertz CT molecular complexity index is 939. The van der Waals surface area contributed by atoms with Crippen LogP contribution < -0.4 is 0 Å². The van der Waals surface area contributed by atoms with Crippen molar-refractivity contribution in [1.29, 1.82) is 0 Å². The number of hydrogen-bond acceptors (Lipinski definition) is 4. The second-order valence-electron chi connectivity index (χ2n) is 7.48. The van der Waals surface area contributed by atoms with Crippen LogP contribution in [0.2, 0.25) is 0 Å². The van der Waals surface area contributed by atoms with E-state index in [-0.39, 0.29) is 23.7 Å². The third-order valence-electron chi connectivity index (χ3n) is 5.27. The van der Waals surface area contributed by atoms with Gasteiger partial charge in [0.1, 0.15) is 5.69 Å². The maximum atomic E-state index is 12.9. The van der Waals surface area contributed by atoms with E-state index in [0.717, 1.165) is 24.0 Å². The standard InChI is InChI=1S/C21H26N2O3S/c1-14-7-5-8-15(2)20(14)27(25,26)13-18-9-6-10-19(22-18)21(24)23-16(3)11-12-17(23)4/h5-10,16-17H,11-13H2,1-4H3. The summed E-state index contributed by atoms with van der Waals surface area (Å²) in [5.74, 6) is -0.343. The van der Waals surface area contributed by atoms with E-state index in [1.54, 1.807) is 44.2 Å². The summed E-state index contributed by atoms with van der Waals surface area (Å²) < 4.78 is 25.9. The van der Waals surface area contributed by atoms with Gasteiger partial charge in [0.05, 0.1) is 16.3 Å². The van der Waals surface area contributed by atoms with Crippen LogP contribution in [0.1, 0.15) is 54.0 Å². The summed E-state index contributed by atoms with van der Waals surface area (Å²) in [4.78, 5) is 19.5. The highest BCUT2D eigenvalue weighted by Crippen LogP contribution is 2.26. The van der Waals surface area contributed by atoms with Crippen LogP contribution in [-0.2, 0) is 15.6 Å². The molecule has 3 rings (SSSR count). The van der Waals surface area contributed by atoms with Crippen molar-refractivity contribution in [2.75, 3.05) is 0 Å². The van der Waals surface area contributed by atoms with E-state index in [9.17, 15) is 13.2 Å². The van der Waals surface area contributed by atoms with E-state index in [0.29, 0.717) is 16.3 Å². The van der Waals surface area contributed by atoms with Gasteiger partial charge in [0, 0.05) is 12.1 Å². The zero-order valence-corrected chi connectivity index (χ0v) is 17.1. The van der Waals surface area contributed by atoms with Gasteiger partial charge in [-0.1, -0.05) is 24.3 Å². The largest absolute Gasteiger partial charge is 0.332 e. The van der Waals surface area contributed by atoms with E-state index in [1.165, 1.54) is 0 Å². The summed E-state index contributed by atoms with van der Waals surface area (Å²) >= 11 is 0. The number of benzene rings is 1. The summed E-state index contributed by atoms with van der Waals surface area (Å²) in [5, 5.41) is 0. The number of nitrogens with zero attached hydrogens (tertiary/aromatic N) is 2. The molecule has 27 heavy (non-hydrogen) atoms. The molecule has 5 nitrogen and oxygen atoms in total. The van der Waals surface area contributed by atoms with Crippen molar-refractivity contribution in [1.82, 2.24) is 9.88 Å². The number of carbonyl (C=O) groups is 1. The fourth-order valence-corrected chi connectivity index (χ4v) is 5.77. The number of hydrogen-bond donors (Lipinski definition) is 0. The number of aromatic nitrogens is 1. The van der Waals surface area contributed by atoms with E-state index in [2.05, 4.69) is 4.98 Å². The first-order chi connectivity index (χ1) is 12.7. The monoisotopic (exact) mass is 386 g/mol. The Morgan fingerprint density at radius 3 is 2.19 bits per heavy atom. The molecule has 0 spiro atoms. The molecule has 2 unspecified atom stereocenters. The minimum absolute atomic E-state index is 0.126. The quantitative estimate of drug-likeness (QED) is 0.804. The summed E-state index contributed by atoms with van der Waals surface area (Å²) in [6, 6.07) is 10.8. The Hall–Kier alpha value is -2.21. The molecule has 1 saturated heterocycles. The predicted octanol–water partition coefficient (Wildman–Crippen LogP) is 3.69. The van der Waals surface area contributed by atoms with Crippen molar-refractivity contribution >= 4 is 15.7 Å². The number of carbonyl (C=O) groups excluding carboxylic acids is 1. The van der Waals surface area contributed by atoms with Gasteiger partial charge in [-0.05, 0) is 63.8 Å². The topological polar surface area (TPSA) is 67.3 Å². The number of amides is 1. The lowest BCUT2D eigenvalue weighted by atomic mass is 10.2. The lowest BCUT2D eigenvalue weighted by Crippen LogP contribution is -2.39. The fraction of sp³-hybridized carbons (Fsp3) is 0.429. The van der Waals surface area contributed by atoms with Crippen molar-refractivity contribution in [3.63, 3.8) is 0 Å². The maximum Gasteiger partial charge on any atom is 0.272 e. The number of sulfone groups is 1. The molecule has 2 aromatic rings. The highest BCUT2D eigenvalue weighted by atomic mass is 32.2. The third kappa shape index (κ3) is 3.90. The smallest absolute Gasteiger partial charge is 0.272 e. The number of aryl methyl sites for hydroxylation is 2. The zero-order valence-electron chi connectivity index (χ0n) is 16.3. The van der Waals surface area contributed by atoms with Gasteiger partial charge in [-0.3, -0.25) is 4.79 Å². The number of rotatable bonds is 4. The molecule has 2 atom stereocenters. The second-order valence-corrected chi connectivity index (χ2v) is 9.41. The molecule has 0 N–H and O–H groups in total. The van der Waals surface area contributed by atoms with Crippen molar-refractivity contribution in [3.8, 4) is 0 Å². The molecule has 1 amide bonds. The molecule has 1 aliphatic heterocycles. The molecule has 1 aromatic carbocycles. The normalized spacial score (nSPS) is 20.1. The van der Waals surface area contributed by atoms with Gasteiger partial charge in [-0.25, -0.2) is 13.4 Å². The van der Waals surface area contributed by atoms with Crippen molar-refractivity contribution in [2.24, 2.45) is 0 Å². The van der Waals surface area contributed by atoms with Gasteiger partial charge in [0.2, 0.25) is 0 Å². The Morgan fingerprint density at radius 2 is 1.59 bits per heavy atom. The minimum Gasteiger partial charge on any atom is -0.332 e. The molecule has 1 fully saturated rings. The van der Waals surface area contributed by atoms with Gasteiger partial charge < -0.3 is 4.90 Å². The lowest BCUT2D eigenvalue weighted by Gasteiger charge is -2.26. The minimum atomic E-state index is -3.55. The second kappa shape index (κ2) is 7.43. The Kier molecular flexibility index (Phi) is 5.38. The molecular formula is C21H26N2O3S. The molecular weight excluding hydrogens is 360 g/mol. The lowest BCUT2D eigenvalue weighted by molar-refractivity contribution is 0.0686. The van der Waals surface area contributed by atoms with Gasteiger partial charge in [0.15, 0.2) is 9.84 Å². The third-order valence-corrected chi connectivity index (χ3v) is 7.21. The van der Waals surface area contributed by atoms with Crippen LogP contribution in [0.5, 0.6) is 0 Å². The SMILES string of the molecule is Cc1cccc(C)c1S(=O)(=O)Cc1cccc(C(=O)N2C(C)CCC2C)n1. The van der Waals surface area contributed by atoms with Gasteiger partial charge in [-0.2, -0.15) is 0 Å². The first kappa shape index (κ1) is 19.5. The maximum absolute atomic E-state index is 12.9. The molecule has 1 aromatic heterocycles. The first-order valence-electron chi connectivity index (χ1n) is 9.28. The average molecular weight is 387 g/mol. The molecule has 0 saturated carbocycles. The van der Waals surface area contributed by atoms with E-state index >= 15 is 0 Å². The molecule has 144 valence electrons. The highest BCUT2D eigenvalue weighted by molar-refractivity contribution is 7.90. The van der Waals surface area contributed by atoms with Crippen LogP contribution in [0.15, 0.2) is 41.3 Å². The molecule has 2 heterocycles. The molecule has 1 aliphatic rings. The van der Waals surface area contributed by atoms with Crippen molar-refractivity contribution < 1.29 is 13.2 Å². The Balaban J connectivity index is 1.89. The number of pyridine rings is 1. The van der Waals surface area contributed by atoms with Crippen LogP contribution in [-0.4, -0.2) is 36.3 Å². The summed E-state index contributed by atoms with van der Waals surface area (Å²) in [6.45, 7) is 7.67. The Labute approximate surface area is 161 Å². The summed E-state index contributed by atoms with van der Waals surface area (Å²) in [7, 11) is -3.55. The Morgan fingerprint density at radius 1 is 1.04 bits per heavy atom. The van der Waals surface area contributed by atoms with E-state index < -0.39 is 9.84 Å². The van der Waals surface area contributed by atoms with Crippen molar-refractivity contribution in [3.05, 3.63) is 58.9 Å². The first-order valence-corrected chi connectivity index (χ1v) is 10.9. The summed E-state index contributed by atoms with van der Waals surface area (Å²) in [6.07, 6.45) is 1.96. The van der Waals surface area contributed by atoms with Crippen molar-refractivity contribution in [2.45, 2.75) is 63.3 Å². The number of likely N-dealkylation sites (tertiary alicyclic amines) is 1. The van der Waals surface area contributed by atoms with E-state index in [4.69, 9.17) is 0 Å². The van der Waals surface area contributed by atoms with E-state index in [1.807, 2.05) is 24.8 Å². The van der Waals surface area contributed by atoms with Crippen LogP contribution in [0.4, 0.5) is 0 Å². The van der Waals surface area contributed by atoms with Gasteiger partial charge in [-0.15, -0.1) is 0 Å². The summed E-state index contributed by atoms with van der Waals surface area (Å²) in [5.41, 5.74) is 2.15. The molecule has 6 heteroatoms.